The topological polar surface area (TPSA) is 77.0 Å². The standard InChI is InChI=1S/C9H16N4O/c1-9(2)5-3-4-6(9)11-8-13-12-7(10)14-8/h6H,3-5H2,1-2H3,(H2,10,12)(H,11,13). The molecule has 0 aliphatic heterocycles. The molecule has 1 aromatic rings. The Morgan fingerprint density at radius 1 is 1.50 bits per heavy atom. The Labute approximate surface area is 83.1 Å². The van der Waals surface area contributed by atoms with Gasteiger partial charge in [-0.1, -0.05) is 30.5 Å². The summed E-state index contributed by atoms with van der Waals surface area (Å²) in [5.74, 6) is 0. The summed E-state index contributed by atoms with van der Waals surface area (Å²) in [5.41, 5.74) is 5.64. The Hall–Kier alpha value is -1.26. The summed E-state index contributed by atoms with van der Waals surface area (Å²) in [6.07, 6.45) is 3.62. The molecule has 0 amide bonds. The van der Waals surface area contributed by atoms with Crippen molar-refractivity contribution in [3.8, 4) is 0 Å². The van der Waals surface area contributed by atoms with Crippen molar-refractivity contribution in [1.29, 1.82) is 0 Å². The number of hydrogen-bond acceptors (Lipinski definition) is 5. The number of rotatable bonds is 2. The normalized spacial score (nSPS) is 25.1. The summed E-state index contributed by atoms with van der Waals surface area (Å²) >= 11 is 0. The van der Waals surface area contributed by atoms with Crippen molar-refractivity contribution in [2.24, 2.45) is 5.41 Å². The van der Waals surface area contributed by atoms with Gasteiger partial charge in [-0.25, -0.2) is 0 Å². The van der Waals surface area contributed by atoms with E-state index in [4.69, 9.17) is 10.2 Å². The second-order valence-electron chi connectivity index (χ2n) is 4.52. The summed E-state index contributed by atoms with van der Waals surface area (Å²) in [6, 6.07) is 0.952. The van der Waals surface area contributed by atoms with E-state index < -0.39 is 0 Å². The molecule has 1 saturated carbocycles. The minimum atomic E-state index is 0.114. The third kappa shape index (κ3) is 1.66. The molecule has 1 fully saturated rings. The van der Waals surface area contributed by atoms with Crippen molar-refractivity contribution < 1.29 is 4.42 Å². The van der Waals surface area contributed by atoms with E-state index in [1.54, 1.807) is 0 Å². The molecule has 0 bridgehead atoms. The lowest BCUT2D eigenvalue weighted by atomic mass is 9.87. The van der Waals surface area contributed by atoms with Crippen molar-refractivity contribution in [2.75, 3.05) is 11.1 Å². The molecule has 3 N–H and O–H groups in total. The van der Waals surface area contributed by atoms with Crippen molar-refractivity contribution in [3.63, 3.8) is 0 Å². The average Bonchev–Trinajstić information content (AvgIpc) is 2.61. The van der Waals surface area contributed by atoms with E-state index in [-0.39, 0.29) is 6.01 Å². The molecule has 0 spiro atoms. The maximum absolute atomic E-state index is 5.34. The Bertz CT molecular complexity index is 320. The molecule has 1 aromatic heterocycles. The summed E-state index contributed by atoms with van der Waals surface area (Å²) in [4.78, 5) is 0. The van der Waals surface area contributed by atoms with Crippen LogP contribution in [0.5, 0.6) is 0 Å². The molecule has 1 aliphatic carbocycles. The summed E-state index contributed by atoms with van der Waals surface area (Å²) in [6.45, 7) is 4.49. The van der Waals surface area contributed by atoms with Crippen molar-refractivity contribution >= 4 is 12.0 Å². The molecule has 1 heterocycles. The first-order valence-corrected chi connectivity index (χ1v) is 4.93. The van der Waals surface area contributed by atoms with Gasteiger partial charge in [0, 0.05) is 6.04 Å². The van der Waals surface area contributed by atoms with Crippen LogP contribution in [0.4, 0.5) is 12.0 Å². The number of nitrogens with two attached hydrogens (primary N) is 1. The third-order valence-corrected chi connectivity index (χ3v) is 3.00. The number of anilines is 2. The lowest BCUT2D eigenvalue weighted by Crippen LogP contribution is -2.30. The quantitative estimate of drug-likeness (QED) is 0.752. The molecule has 14 heavy (non-hydrogen) atoms. The van der Waals surface area contributed by atoms with Crippen LogP contribution in [0.15, 0.2) is 4.42 Å². The van der Waals surface area contributed by atoms with Gasteiger partial charge in [-0.05, 0) is 18.3 Å². The molecular weight excluding hydrogens is 180 g/mol. The number of nitrogens with zero attached hydrogens (tertiary/aromatic N) is 2. The molecule has 2 rings (SSSR count). The van der Waals surface area contributed by atoms with Crippen LogP contribution in [0.2, 0.25) is 0 Å². The van der Waals surface area contributed by atoms with Gasteiger partial charge in [0.05, 0.1) is 0 Å². The van der Waals surface area contributed by atoms with Crippen LogP contribution in [-0.4, -0.2) is 16.2 Å². The van der Waals surface area contributed by atoms with Gasteiger partial charge < -0.3 is 15.5 Å². The molecule has 5 heteroatoms. The molecule has 1 atom stereocenters. The molecule has 0 saturated heterocycles. The van der Waals surface area contributed by atoms with Crippen molar-refractivity contribution in [2.45, 2.75) is 39.2 Å². The maximum atomic E-state index is 5.34. The SMILES string of the molecule is CC1(C)CCCC1Nc1nnc(N)o1. The number of nitrogens with one attached hydrogen (secondary N) is 1. The molecule has 78 valence electrons. The fourth-order valence-electron chi connectivity index (χ4n) is 2.04. The van der Waals surface area contributed by atoms with E-state index in [2.05, 4.69) is 29.4 Å². The Morgan fingerprint density at radius 2 is 2.29 bits per heavy atom. The van der Waals surface area contributed by atoms with Crippen LogP contribution < -0.4 is 11.1 Å². The van der Waals surface area contributed by atoms with Gasteiger partial charge in [0.15, 0.2) is 0 Å². The van der Waals surface area contributed by atoms with Gasteiger partial charge in [-0.2, -0.15) is 0 Å². The van der Waals surface area contributed by atoms with E-state index in [0.29, 0.717) is 17.5 Å². The highest BCUT2D eigenvalue weighted by Crippen LogP contribution is 2.38. The molecule has 0 aromatic carbocycles. The first-order chi connectivity index (χ1) is 6.58. The second-order valence-corrected chi connectivity index (χ2v) is 4.52. The molecule has 0 radical (unpaired) electrons. The Morgan fingerprint density at radius 3 is 2.79 bits per heavy atom. The largest absolute Gasteiger partial charge is 0.390 e. The average molecular weight is 196 g/mol. The lowest BCUT2D eigenvalue weighted by Gasteiger charge is -2.26. The summed E-state index contributed by atoms with van der Waals surface area (Å²) in [7, 11) is 0. The van der Waals surface area contributed by atoms with Gasteiger partial charge in [-0.15, -0.1) is 0 Å². The second kappa shape index (κ2) is 3.15. The molecule has 1 aliphatic rings. The van der Waals surface area contributed by atoms with Crippen molar-refractivity contribution in [1.82, 2.24) is 10.2 Å². The fraction of sp³-hybridized carbons (Fsp3) is 0.778. The predicted octanol–water partition coefficient (Wildman–Crippen LogP) is 1.64. The zero-order chi connectivity index (χ0) is 10.2. The van der Waals surface area contributed by atoms with Crippen LogP contribution in [0, 0.1) is 5.41 Å². The zero-order valence-electron chi connectivity index (χ0n) is 8.58. The monoisotopic (exact) mass is 196 g/mol. The summed E-state index contributed by atoms with van der Waals surface area (Å²) < 4.78 is 5.08. The number of nitrogen functional groups attached to an aromatic ring is 1. The maximum Gasteiger partial charge on any atom is 0.317 e. The van der Waals surface area contributed by atoms with Crippen LogP contribution in [-0.2, 0) is 0 Å². The highest BCUT2D eigenvalue weighted by molar-refractivity contribution is 5.25. The van der Waals surface area contributed by atoms with Gasteiger partial charge in [-0.3, -0.25) is 0 Å². The van der Waals surface area contributed by atoms with Gasteiger partial charge >= 0.3 is 12.0 Å². The van der Waals surface area contributed by atoms with E-state index in [1.165, 1.54) is 12.8 Å². The first kappa shape index (κ1) is 9.30. The highest BCUT2D eigenvalue weighted by atomic mass is 16.4. The zero-order valence-corrected chi connectivity index (χ0v) is 8.58. The Balaban J connectivity index is 2.04. The number of aromatic nitrogens is 2. The third-order valence-electron chi connectivity index (χ3n) is 3.00. The van der Waals surface area contributed by atoms with E-state index in [0.717, 1.165) is 6.42 Å². The minimum Gasteiger partial charge on any atom is -0.390 e. The van der Waals surface area contributed by atoms with Gasteiger partial charge in [0.2, 0.25) is 0 Å². The van der Waals surface area contributed by atoms with Crippen LogP contribution in [0.1, 0.15) is 33.1 Å². The fourth-order valence-corrected chi connectivity index (χ4v) is 2.04. The van der Waals surface area contributed by atoms with Crippen LogP contribution >= 0.6 is 0 Å². The molecule has 1 unspecified atom stereocenters. The van der Waals surface area contributed by atoms with E-state index >= 15 is 0 Å². The number of hydrogen-bond donors (Lipinski definition) is 2. The van der Waals surface area contributed by atoms with Gasteiger partial charge in [0.1, 0.15) is 0 Å². The smallest absolute Gasteiger partial charge is 0.317 e. The van der Waals surface area contributed by atoms with Gasteiger partial charge in [0.25, 0.3) is 0 Å². The van der Waals surface area contributed by atoms with Crippen LogP contribution in [0.3, 0.4) is 0 Å². The summed E-state index contributed by atoms with van der Waals surface area (Å²) in [5, 5.41) is 10.6. The van der Waals surface area contributed by atoms with E-state index in [1.807, 2.05) is 0 Å². The highest BCUT2D eigenvalue weighted by Gasteiger charge is 2.35. The Kier molecular flexibility index (Phi) is 2.09. The van der Waals surface area contributed by atoms with E-state index in [9.17, 15) is 0 Å². The molecular formula is C9H16N4O. The first-order valence-electron chi connectivity index (χ1n) is 4.93. The lowest BCUT2D eigenvalue weighted by molar-refractivity contribution is 0.344. The predicted molar refractivity (Wildman–Crippen MR) is 53.8 cm³/mol. The minimum absolute atomic E-state index is 0.114. The van der Waals surface area contributed by atoms with Crippen LogP contribution in [0.25, 0.3) is 0 Å². The molecule has 5 nitrogen and oxygen atoms in total. The van der Waals surface area contributed by atoms with Crippen molar-refractivity contribution in [3.05, 3.63) is 0 Å².